The molecule has 0 unspecified atom stereocenters. The normalized spacial score (nSPS) is 10.9. The van der Waals surface area contributed by atoms with E-state index < -0.39 is 61.6 Å². The lowest BCUT2D eigenvalue weighted by atomic mass is 10.2. The minimum atomic E-state index is -1.68. The first-order valence-corrected chi connectivity index (χ1v) is 7.12. The average Bonchev–Trinajstić information content (AvgIpc) is 2.42. The van der Waals surface area contributed by atoms with E-state index in [2.05, 4.69) is 0 Å². The molecule has 14 heteroatoms. The second-order valence-corrected chi connectivity index (χ2v) is 5.02. The predicted octanol–water partition coefficient (Wildman–Crippen LogP) is -0.560. The molecule has 0 spiro atoms. The number of hydrogen-bond donors (Lipinski definition) is 6. The van der Waals surface area contributed by atoms with Gasteiger partial charge in [-0.3, -0.25) is 24.1 Å². The molecule has 6 N–H and O–H groups in total. The number of aliphatic carboxylic acids is 4. The minimum absolute atomic E-state index is 0.0497. The molecule has 0 fully saturated rings. The van der Waals surface area contributed by atoms with E-state index in [1.807, 2.05) is 0 Å². The Hall–Kier alpha value is -3.42. The van der Waals surface area contributed by atoms with Gasteiger partial charge < -0.3 is 30.6 Å². The fourth-order valence-electron chi connectivity index (χ4n) is 1.65. The van der Waals surface area contributed by atoms with E-state index in [0.717, 1.165) is 4.90 Å². The van der Waals surface area contributed by atoms with Gasteiger partial charge in [-0.2, -0.15) is 0 Å². The summed E-state index contributed by atoms with van der Waals surface area (Å²) in [5.74, 6) is -4.71. The predicted molar refractivity (Wildman–Crippen MR) is 83.6 cm³/mol. The zero-order chi connectivity index (χ0) is 21.7. The zero-order valence-electron chi connectivity index (χ0n) is 14.1. The fraction of sp³-hybridized carbons (Fsp3) is 0.538. The zero-order valence-corrected chi connectivity index (χ0v) is 14.1. The van der Waals surface area contributed by atoms with E-state index >= 15 is 0 Å². The molecule has 0 saturated heterocycles. The van der Waals surface area contributed by atoms with Gasteiger partial charge in [0, 0.05) is 6.54 Å². The molecule has 0 aromatic rings. The third-order valence-electron chi connectivity index (χ3n) is 2.68. The summed E-state index contributed by atoms with van der Waals surface area (Å²) in [6.45, 7) is 0.170. The lowest BCUT2D eigenvalue weighted by Gasteiger charge is -2.19. The van der Waals surface area contributed by atoms with E-state index in [4.69, 9.17) is 30.6 Å². The maximum atomic E-state index is 10.3. The maximum absolute atomic E-state index is 10.3. The van der Waals surface area contributed by atoms with Crippen LogP contribution in [0, 0.1) is 0 Å². The van der Waals surface area contributed by atoms with Crippen LogP contribution >= 0.6 is 0 Å². The molecule has 0 aliphatic rings. The van der Waals surface area contributed by atoms with Gasteiger partial charge in [-0.1, -0.05) is 0 Å². The lowest BCUT2D eigenvalue weighted by Crippen LogP contribution is -2.42. The third-order valence-corrected chi connectivity index (χ3v) is 2.68. The van der Waals surface area contributed by atoms with Crippen molar-refractivity contribution in [3.05, 3.63) is 0 Å². The molecule has 0 aromatic heterocycles. The number of carboxylic acids is 4. The molecule has 0 radical (unpaired) electrons. The van der Waals surface area contributed by atoms with Gasteiger partial charge in [0.15, 0.2) is 0 Å². The first-order valence-electron chi connectivity index (χ1n) is 7.12. The van der Waals surface area contributed by atoms with Crippen LogP contribution in [0.4, 0.5) is 9.59 Å². The molecule has 0 saturated carbocycles. The van der Waals surface area contributed by atoms with Crippen LogP contribution in [0.1, 0.15) is 19.8 Å². The first-order chi connectivity index (χ1) is 12.3. The average molecular weight is 396 g/mol. The number of imide groups is 1. The van der Waals surface area contributed by atoms with Gasteiger partial charge >= 0.3 is 36.1 Å². The SMILES string of the molecule is C[C@H](CC(=O)O)N(C(=O)O)C(=O)O.O=C(O)CCN(CC(=O)O)CC(=O)O. The standard InChI is InChI=1S/C7H11NO6.C6H9NO6/c9-5(10)1-2-8(3-6(11)12)4-7(13)14;1-3(2-4(8)9)7(5(10)11)6(12)13/h1-4H2,(H,9,10)(H,11,12)(H,13,14);3H,2H2,1H3,(H,8,9)(H,10,11)(H,12,13)/t;3-/m.1/s1. The Morgan fingerprint density at radius 3 is 1.37 bits per heavy atom. The summed E-state index contributed by atoms with van der Waals surface area (Å²) in [5.41, 5.74) is 0. The number of rotatable bonds is 10. The minimum Gasteiger partial charge on any atom is -0.481 e. The Morgan fingerprint density at radius 1 is 0.704 bits per heavy atom. The van der Waals surface area contributed by atoms with Crippen molar-refractivity contribution in [2.45, 2.75) is 25.8 Å². The van der Waals surface area contributed by atoms with Gasteiger partial charge in [0.25, 0.3) is 0 Å². The van der Waals surface area contributed by atoms with Gasteiger partial charge in [0.05, 0.1) is 32.0 Å². The monoisotopic (exact) mass is 396 g/mol. The lowest BCUT2D eigenvalue weighted by molar-refractivity contribution is -0.144. The van der Waals surface area contributed by atoms with Crippen LogP contribution in [0.3, 0.4) is 0 Å². The van der Waals surface area contributed by atoms with Crippen LogP contribution in [0.25, 0.3) is 0 Å². The molecule has 0 bridgehead atoms. The van der Waals surface area contributed by atoms with Crippen LogP contribution in [-0.2, 0) is 19.2 Å². The highest BCUT2D eigenvalue weighted by atomic mass is 16.4. The van der Waals surface area contributed by atoms with Crippen LogP contribution in [0.15, 0.2) is 0 Å². The van der Waals surface area contributed by atoms with E-state index in [1.54, 1.807) is 0 Å². The molecule has 14 nitrogen and oxygen atoms in total. The van der Waals surface area contributed by atoms with Crippen molar-refractivity contribution in [1.82, 2.24) is 9.80 Å². The molecule has 0 heterocycles. The van der Waals surface area contributed by atoms with Gasteiger partial charge in [-0.05, 0) is 6.92 Å². The van der Waals surface area contributed by atoms with Gasteiger partial charge in [0.1, 0.15) is 0 Å². The topological polar surface area (TPSA) is 230 Å². The van der Waals surface area contributed by atoms with E-state index in [-0.39, 0.29) is 17.9 Å². The Kier molecular flexibility index (Phi) is 12.3. The largest absolute Gasteiger partial charge is 0.481 e. The van der Waals surface area contributed by atoms with Crippen LogP contribution in [0.2, 0.25) is 0 Å². The van der Waals surface area contributed by atoms with Crippen molar-refractivity contribution in [2.24, 2.45) is 0 Å². The molecule has 2 amide bonds. The molecule has 0 aliphatic carbocycles. The van der Waals surface area contributed by atoms with Crippen molar-refractivity contribution in [2.75, 3.05) is 19.6 Å². The van der Waals surface area contributed by atoms with Crippen molar-refractivity contribution >= 4 is 36.1 Å². The third kappa shape index (κ3) is 14.6. The number of carboxylic acid groups (broad SMARTS) is 6. The van der Waals surface area contributed by atoms with Gasteiger partial charge in [-0.25, -0.2) is 14.5 Å². The number of amides is 2. The summed E-state index contributed by atoms with van der Waals surface area (Å²) < 4.78 is 0. The second-order valence-electron chi connectivity index (χ2n) is 5.02. The highest BCUT2D eigenvalue weighted by molar-refractivity contribution is 5.86. The Labute approximate surface area is 151 Å². The van der Waals surface area contributed by atoms with Crippen LogP contribution in [-0.4, -0.2) is 102 Å². The molecule has 0 aliphatic heterocycles. The van der Waals surface area contributed by atoms with Crippen molar-refractivity contribution in [1.29, 1.82) is 0 Å². The summed E-state index contributed by atoms with van der Waals surface area (Å²) in [6.07, 6.45) is -4.18. The smallest absolute Gasteiger partial charge is 0.417 e. The van der Waals surface area contributed by atoms with Gasteiger partial charge in [-0.15, -0.1) is 0 Å². The Balaban J connectivity index is 0. The van der Waals surface area contributed by atoms with E-state index in [0.29, 0.717) is 0 Å². The maximum Gasteiger partial charge on any atom is 0.417 e. The highest BCUT2D eigenvalue weighted by Crippen LogP contribution is 2.04. The molecule has 154 valence electrons. The van der Waals surface area contributed by atoms with Crippen molar-refractivity contribution < 1.29 is 59.4 Å². The molecular formula is C13H20N2O12. The molecule has 27 heavy (non-hydrogen) atoms. The van der Waals surface area contributed by atoms with E-state index in [1.165, 1.54) is 6.92 Å². The number of carbonyl (C=O) groups is 6. The fourth-order valence-corrected chi connectivity index (χ4v) is 1.65. The number of hydrogen-bond acceptors (Lipinski definition) is 7. The number of nitrogens with zero attached hydrogens (tertiary/aromatic N) is 2. The van der Waals surface area contributed by atoms with Crippen LogP contribution in [0.5, 0.6) is 0 Å². The Bertz CT molecular complexity index is 546. The summed E-state index contributed by atoms with van der Waals surface area (Å²) in [7, 11) is 0. The first kappa shape index (κ1) is 25.8. The Morgan fingerprint density at radius 2 is 1.11 bits per heavy atom. The van der Waals surface area contributed by atoms with Gasteiger partial charge in [0.2, 0.25) is 0 Å². The molecule has 0 rings (SSSR count). The quantitative estimate of drug-likeness (QED) is 0.272. The second kappa shape index (κ2) is 12.9. The summed E-state index contributed by atoms with van der Waals surface area (Å²) >= 11 is 0. The van der Waals surface area contributed by atoms with Crippen molar-refractivity contribution in [3.8, 4) is 0 Å². The van der Waals surface area contributed by atoms with E-state index in [9.17, 15) is 28.8 Å². The molecule has 1 atom stereocenters. The molecular weight excluding hydrogens is 376 g/mol. The summed E-state index contributed by atoms with van der Waals surface area (Å²) in [5, 5.41) is 50.1. The van der Waals surface area contributed by atoms with Crippen molar-refractivity contribution in [3.63, 3.8) is 0 Å². The van der Waals surface area contributed by atoms with Crippen LogP contribution < -0.4 is 0 Å². The summed E-state index contributed by atoms with van der Waals surface area (Å²) in [6, 6.07) is -1.09. The molecule has 0 aromatic carbocycles. The summed E-state index contributed by atoms with van der Waals surface area (Å²) in [4.78, 5) is 62.5. The highest BCUT2D eigenvalue weighted by Gasteiger charge is 2.27.